The highest BCUT2D eigenvalue weighted by molar-refractivity contribution is 5.91. The number of carbonyl (C=O) groups is 1. The summed E-state index contributed by atoms with van der Waals surface area (Å²) in [6.07, 6.45) is 6.37. The molecule has 2 N–H and O–H groups in total. The van der Waals surface area contributed by atoms with Crippen molar-refractivity contribution >= 4 is 22.8 Å². The van der Waals surface area contributed by atoms with Gasteiger partial charge in [-0.1, -0.05) is 32.0 Å². The Morgan fingerprint density at radius 3 is 2.61 bits per heavy atom. The molecule has 1 saturated heterocycles. The van der Waals surface area contributed by atoms with Crippen LogP contribution in [0.2, 0.25) is 0 Å². The van der Waals surface area contributed by atoms with Gasteiger partial charge in [0.25, 0.3) is 11.9 Å². The van der Waals surface area contributed by atoms with Gasteiger partial charge in [0.2, 0.25) is 5.76 Å². The average Bonchev–Trinajstić information content (AvgIpc) is 3.45. The second kappa shape index (κ2) is 10.4. The monoisotopic (exact) mass is 451 g/mol. The second-order valence-electron chi connectivity index (χ2n) is 9.83. The fourth-order valence-corrected chi connectivity index (χ4v) is 4.53. The molecule has 178 valence electrons. The first-order valence-corrected chi connectivity index (χ1v) is 12.2. The smallest absolute Gasteiger partial charge is 0.298 e. The van der Waals surface area contributed by atoms with E-state index in [-0.39, 0.29) is 17.7 Å². The number of benzene rings is 1. The Bertz CT molecular complexity index is 1050. The van der Waals surface area contributed by atoms with E-state index in [4.69, 9.17) is 4.42 Å². The number of carbonyl (C=O) groups excluding carboxylic acids is 1. The van der Waals surface area contributed by atoms with Crippen molar-refractivity contribution in [2.45, 2.75) is 59.0 Å². The van der Waals surface area contributed by atoms with Gasteiger partial charge in [-0.15, -0.1) is 0 Å². The highest BCUT2D eigenvalue weighted by Crippen LogP contribution is 2.22. The number of amides is 1. The Hall–Kier alpha value is -2.80. The van der Waals surface area contributed by atoms with Crippen molar-refractivity contribution in [3.8, 4) is 0 Å². The summed E-state index contributed by atoms with van der Waals surface area (Å²) in [5, 5.41) is 4.43. The molecular weight excluding hydrogens is 414 g/mol. The summed E-state index contributed by atoms with van der Waals surface area (Å²) < 4.78 is 5.89. The molecule has 7 nitrogen and oxygen atoms in total. The number of H-pyrrole nitrogens is 1. The van der Waals surface area contributed by atoms with Crippen LogP contribution < -0.4 is 10.2 Å². The van der Waals surface area contributed by atoms with Crippen LogP contribution in [0, 0.1) is 5.92 Å². The van der Waals surface area contributed by atoms with E-state index in [1.165, 1.54) is 10.9 Å². The molecule has 1 unspecified atom stereocenters. The molecule has 3 heterocycles. The minimum Gasteiger partial charge on any atom is -0.418 e. The van der Waals surface area contributed by atoms with Gasteiger partial charge < -0.3 is 19.6 Å². The molecule has 0 saturated carbocycles. The number of nitrogens with zero attached hydrogens (tertiary/aromatic N) is 3. The number of oxazole rings is 1. The van der Waals surface area contributed by atoms with Crippen LogP contribution in [0.1, 0.15) is 56.7 Å². The number of rotatable bonds is 9. The lowest BCUT2D eigenvalue weighted by molar-refractivity contribution is 0.0905. The van der Waals surface area contributed by atoms with Gasteiger partial charge >= 0.3 is 0 Å². The fraction of sp³-hybridized carbons (Fsp3) is 0.538. The highest BCUT2D eigenvalue weighted by atomic mass is 16.4. The van der Waals surface area contributed by atoms with Crippen LogP contribution in [-0.4, -0.2) is 59.0 Å². The predicted molar refractivity (Wildman–Crippen MR) is 133 cm³/mol. The lowest BCUT2D eigenvalue weighted by atomic mass is 9.97. The maximum atomic E-state index is 13.0. The Morgan fingerprint density at radius 1 is 1.12 bits per heavy atom. The van der Waals surface area contributed by atoms with E-state index in [9.17, 15) is 4.79 Å². The van der Waals surface area contributed by atoms with Crippen LogP contribution in [0.3, 0.4) is 0 Å². The summed E-state index contributed by atoms with van der Waals surface area (Å²) in [5.41, 5.74) is 2.35. The molecule has 1 amide bonds. The highest BCUT2D eigenvalue weighted by Gasteiger charge is 2.24. The van der Waals surface area contributed by atoms with E-state index in [1.54, 1.807) is 6.20 Å². The van der Waals surface area contributed by atoms with Crippen molar-refractivity contribution in [1.29, 1.82) is 0 Å². The molecule has 2 aromatic heterocycles. The maximum Gasteiger partial charge on any atom is 0.298 e. The molecule has 3 aromatic rings. The lowest BCUT2D eigenvalue weighted by Crippen LogP contribution is -2.49. The molecule has 1 aliphatic heterocycles. The van der Waals surface area contributed by atoms with Crippen LogP contribution in [0.15, 0.2) is 41.1 Å². The van der Waals surface area contributed by atoms with Gasteiger partial charge in [-0.2, -0.15) is 0 Å². The van der Waals surface area contributed by atoms with Crippen molar-refractivity contribution in [1.82, 2.24) is 20.2 Å². The van der Waals surface area contributed by atoms with E-state index in [2.05, 4.69) is 77.2 Å². The van der Waals surface area contributed by atoms with Gasteiger partial charge in [-0.05, 0) is 50.7 Å². The molecule has 0 aliphatic carbocycles. The fourth-order valence-electron chi connectivity index (χ4n) is 4.53. The number of hydrogen-bond donors (Lipinski definition) is 2. The summed E-state index contributed by atoms with van der Waals surface area (Å²) in [5.74, 6) is 0.668. The number of hydrogen-bond acceptors (Lipinski definition) is 5. The third-order valence-electron chi connectivity index (χ3n) is 6.60. The van der Waals surface area contributed by atoms with Gasteiger partial charge in [-0.3, -0.25) is 9.69 Å². The quantitative estimate of drug-likeness (QED) is 0.502. The Morgan fingerprint density at radius 2 is 1.88 bits per heavy atom. The third kappa shape index (κ3) is 5.77. The van der Waals surface area contributed by atoms with E-state index in [0.29, 0.717) is 18.0 Å². The SMILES string of the molecule is CC(C)CCC(Cc1c[nH]c2ccccc12)NC(=O)c1cnc(N2CCN(C(C)C)CC2)o1. The van der Waals surface area contributed by atoms with E-state index in [1.807, 2.05) is 6.07 Å². The van der Waals surface area contributed by atoms with E-state index < -0.39 is 0 Å². The number of anilines is 1. The van der Waals surface area contributed by atoms with Crippen LogP contribution in [0.5, 0.6) is 0 Å². The first-order chi connectivity index (χ1) is 15.9. The zero-order chi connectivity index (χ0) is 23.4. The summed E-state index contributed by atoms with van der Waals surface area (Å²) >= 11 is 0. The van der Waals surface area contributed by atoms with Crippen LogP contribution in [-0.2, 0) is 6.42 Å². The Balaban J connectivity index is 1.41. The van der Waals surface area contributed by atoms with Crippen molar-refractivity contribution in [2.75, 3.05) is 31.1 Å². The van der Waals surface area contributed by atoms with Crippen LogP contribution >= 0.6 is 0 Å². The topological polar surface area (TPSA) is 77.4 Å². The first-order valence-electron chi connectivity index (χ1n) is 12.2. The zero-order valence-electron chi connectivity index (χ0n) is 20.3. The first kappa shape index (κ1) is 23.4. The largest absolute Gasteiger partial charge is 0.418 e. The number of aromatic amines is 1. The van der Waals surface area contributed by atoms with Gasteiger partial charge in [0.15, 0.2) is 0 Å². The second-order valence-corrected chi connectivity index (χ2v) is 9.83. The number of aromatic nitrogens is 2. The molecule has 0 spiro atoms. The third-order valence-corrected chi connectivity index (χ3v) is 6.60. The number of nitrogens with one attached hydrogen (secondary N) is 2. The molecule has 1 fully saturated rings. The summed E-state index contributed by atoms with van der Waals surface area (Å²) in [7, 11) is 0. The van der Waals surface area contributed by atoms with Crippen molar-refractivity contribution < 1.29 is 9.21 Å². The Labute approximate surface area is 196 Å². The maximum absolute atomic E-state index is 13.0. The standard InChI is InChI=1S/C26H37N5O2/c1-18(2)9-10-21(15-20-16-27-23-8-6-5-7-22(20)23)29-25(32)24-17-28-26(33-24)31-13-11-30(12-14-31)19(3)4/h5-8,16-19,21,27H,9-15H2,1-4H3,(H,29,32). The molecule has 7 heteroatoms. The van der Waals surface area contributed by atoms with Gasteiger partial charge in [0.1, 0.15) is 0 Å². The zero-order valence-corrected chi connectivity index (χ0v) is 20.3. The van der Waals surface area contributed by atoms with Crippen molar-refractivity contribution in [3.05, 3.63) is 48.0 Å². The molecule has 1 aliphatic rings. The summed E-state index contributed by atoms with van der Waals surface area (Å²) in [6.45, 7) is 12.5. The summed E-state index contributed by atoms with van der Waals surface area (Å²) in [6, 6.07) is 9.41. The minimum absolute atomic E-state index is 0.0299. The van der Waals surface area contributed by atoms with E-state index in [0.717, 1.165) is 51.0 Å². The van der Waals surface area contributed by atoms with Crippen molar-refractivity contribution in [2.24, 2.45) is 5.92 Å². The lowest BCUT2D eigenvalue weighted by Gasteiger charge is -2.36. The normalized spacial score (nSPS) is 16.1. The predicted octanol–water partition coefficient (Wildman–Crippen LogP) is 4.46. The van der Waals surface area contributed by atoms with Crippen molar-refractivity contribution in [3.63, 3.8) is 0 Å². The Kier molecular flexibility index (Phi) is 7.38. The molecule has 0 radical (unpaired) electrons. The molecule has 4 rings (SSSR count). The van der Waals surface area contributed by atoms with Gasteiger partial charge in [0.05, 0.1) is 6.20 Å². The molecular formula is C26H37N5O2. The molecule has 1 atom stereocenters. The molecule has 33 heavy (non-hydrogen) atoms. The number of piperazine rings is 1. The van der Waals surface area contributed by atoms with Crippen LogP contribution in [0.4, 0.5) is 6.01 Å². The summed E-state index contributed by atoms with van der Waals surface area (Å²) in [4.78, 5) is 25.4. The van der Waals surface area contributed by atoms with E-state index >= 15 is 0 Å². The molecule has 0 bridgehead atoms. The van der Waals surface area contributed by atoms with Gasteiger partial charge in [0, 0.05) is 55.4 Å². The van der Waals surface area contributed by atoms with Crippen LogP contribution in [0.25, 0.3) is 10.9 Å². The minimum atomic E-state index is -0.192. The molecule has 1 aromatic carbocycles. The number of para-hydroxylation sites is 1. The number of fused-ring (bicyclic) bond motifs is 1. The van der Waals surface area contributed by atoms with Gasteiger partial charge in [-0.25, -0.2) is 4.98 Å². The average molecular weight is 452 g/mol.